The third-order valence-corrected chi connectivity index (χ3v) is 7.38. The van der Waals surface area contributed by atoms with Gasteiger partial charge in [-0.2, -0.15) is 10.2 Å². The summed E-state index contributed by atoms with van der Waals surface area (Å²) in [7, 11) is 0. The van der Waals surface area contributed by atoms with Crippen LogP contribution in [-0.4, -0.2) is 51.8 Å². The molecule has 4 N–H and O–H groups in total. The highest BCUT2D eigenvalue weighted by Crippen LogP contribution is 2.36. The third kappa shape index (κ3) is 4.22. The molecule has 42 heavy (non-hydrogen) atoms. The second kappa shape index (κ2) is 9.93. The lowest BCUT2D eigenvalue weighted by Gasteiger charge is -2.16. The van der Waals surface area contributed by atoms with Crippen LogP contribution in [0.1, 0.15) is 44.3 Å². The van der Waals surface area contributed by atoms with Crippen molar-refractivity contribution in [2.24, 2.45) is 0 Å². The standard InChI is InChI=1S/C30H23N9O3/c31-27-22(2-1-11-32-27)28-35-24-8-10-26(39-33-12-13-34-39)37-29(24)38(28)20-5-6-21-17(15-20)3-7-23(21)36-30(42)18-4-9-25(41)19(14-18)16-40/h1-2,4-6,8-16,23,41H,3,7H2,(H2,31,32)(H,36,42)/t23-/m0/s1. The van der Waals surface area contributed by atoms with Gasteiger partial charge in [-0.1, -0.05) is 6.07 Å². The molecule has 0 aliphatic heterocycles. The van der Waals surface area contributed by atoms with Crippen LogP contribution in [0, 0.1) is 0 Å². The fourth-order valence-corrected chi connectivity index (χ4v) is 5.35. The fourth-order valence-electron chi connectivity index (χ4n) is 5.35. The number of nitrogens with one attached hydrogen (secondary N) is 1. The van der Waals surface area contributed by atoms with Gasteiger partial charge in [0.05, 0.1) is 29.6 Å². The van der Waals surface area contributed by atoms with E-state index >= 15 is 0 Å². The molecule has 6 aromatic rings. The number of aromatic hydroxyl groups is 1. The molecule has 206 valence electrons. The molecule has 0 saturated heterocycles. The van der Waals surface area contributed by atoms with E-state index in [0.29, 0.717) is 52.5 Å². The SMILES string of the molecule is Nc1ncccc1-c1nc2ccc(-n3nccn3)nc2n1-c1ccc2c(c1)CC[C@@H]2NC(=O)c1ccc(O)c(C=O)c1. The van der Waals surface area contributed by atoms with Crippen molar-refractivity contribution in [2.45, 2.75) is 18.9 Å². The number of amides is 1. The van der Waals surface area contributed by atoms with Crippen molar-refractivity contribution in [1.29, 1.82) is 0 Å². The maximum atomic E-state index is 13.0. The van der Waals surface area contributed by atoms with E-state index < -0.39 is 0 Å². The number of aryl methyl sites for hydroxylation is 1. The molecular weight excluding hydrogens is 534 g/mol. The number of nitrogen functional groups attached to an aromatic ring is 1. The van der Waals surface area contributed by atoms with Crippen molar-refractivity contribution in [2.75, 3.05) is 5.73 Å². The number of anilines is 1. The second-order valence-corrected chi connectivity index (χ2v) is 9.88. The largest absolute Gasteiger partial charge is 0.507 e. The number of phenolic OH excluding ortho intramolecular Hbond substituents is 1. The van der Waals surface area contributed by atoms with Gasteiger partial charge in [0.25, 0.3) is 5.91 Å². The molecule has 7 rings (SSSR count). The van der Waals surface area contributed by atoms with Gasteiger partial charge < -0.3 is 16.2 Å². The summed E-state index contributed by atoms with van der Waals surface area (Å²) in [6.45, 7) is 0. The number of nitrogens with zero attached hydrogens (tertiary/aromatic N) is 7. The van der Waals surface area contributed by atoms with E-state index in [1.165, 1.54) is 23.0 Å². The van der Waals surface area contributed by atoms with Crippen molar-refractivity contribution in [3.63, 3.8) is 0 Å². The fraction of sp³-hybridized carbons (Fsp3) is 0.100. The Kier molecular flexibility index (Phi) is 5.93. The van der Waals surface area contributed by atoms with E-state index in [4.69, 9.17) is 15.7 Å². The Labute approximate surface area is 238 Å². The number of benzene rings is 2. The smallest absolute Gasteiger partial charge is 0.251 e. The molecule has 0 radical (unpaired) electrons. The van der Waals surface area contributed by atoms with E-state index in [1.807, 2.05) is 34.9 Å². The molecule has 0 unspecified atom stereocenters. The number of nitrogens with two attached hydrogens (primary N) is 1. The van der Waals surface area contributed by atoms with Gasteiger partial charge in [-0.25, -0.2) is 15.0 Å². The summed E-state index contributed by atoms with van der Waals surface area (Å²) in [4.78, 5) is 39.6. The highest BCUT2D eigenvalue weighted by Gasteiger charge is 2.26. The molecule has 0 saturated carbocycles. The number of carbonyl (C=O) groups is 2. The van der Waals surface area contributed by atoms with Gasteiger partial charge in [-0.15, -0.1) is 4.80 Å². The molecule has 12 nitrogen and oxygen atoms in total. The first-order valence-electron chi connectivity index (χ1n) is 13.2. The molecule has 2 aromatic carbocycles. The molecule has 4 heterocycles. The maximum absolute atomic E-state index is 13.0. The van der Waals surface area contributed by atoms with E-state index in [0.717, 1.165) is 23.2 Å². The van der Waals surface area contributed by atoms with Gasteiger partial charge in [-0.05, 0) is 78.6 Å². The van der Waals surface area contributed by atoms with Crippen molar-refractivity contribution < 1.29 is 14.7 Å². The molecule has 1 atom stereocenters. The Morgan fingerprint density at radius 2 is 1.88 bits per heavy atom. The molecule has 1 aliphatic rings. The number of aromatic nitrogens is 7. The number of hydrogen-bond donors (Lipinski definition) is 3. The zero-order chi connectivity index (χ0) is 28.8. The normalized spacial score (nSPS) is 14.1. The quantitative estimate of drug-likeness (QED) is 0.259. The van der Waals surface area contributed by atoms with Crippen molar-refractivity contribution >= 4 is 29.2 Å². The Morgan fingerprint density at radius 1 is 1.02 bits per heavy atom. The number of carbonyl (C=O) groups excluding carboxylic acids is 2. The third-order valence-electron chi connectivity index (χ3n) is 7.38. The first-order chi connectivity index (χ1) is 20.5. The van der Waals surface area contributed by atoms with Crippen LogP contribution in [0.25, 0.3) is 34.1 Å². The van der Waals surface area contributed by atoms with Gasteiger partial charge in [0.1, 0.15) is 17.1 Å². The van der Waals surface area contributed by atoms with Crippen molar-refractivity contribution in [3.05, 3.63) is 102 Å². The van der Waals surface area contributed by atoms with Crippen LogP contribution in [0.15, 0.2) is 79.3 Å². The van der Waals surface area contributed by atoms with Gasteiger partial charge in [0.15, 0.2) is 23.6 Å². The minimum absolute atomic E-state index is 0.0665. The average molecular weight is 558 g/mol. The Hall–Kier alpha value is -5.91. The minimum Gasteiger partial charge on any atom is -0.507 e. The molecule has 0 spiro atoms. The van der Waals surface area contributed by atoms with E-state index in [2.05, 4.69) is 26.6 Å². The second-order valence-electron chi connectivity index (χ2n) is 9.88. The summed E-state index contributed by atoms with van der Waals surface area (Å²) in [6, 6.07) is 17.4. The van der Waals surface area contributed by atoms with Gasteiger partial charge in [0, 0.05) is 17.4 Å². The van der Waals surface area contributed by atoms with Gasteiger partial charge in [0.2, 0.25) is 0 Å². The van der Waals surface area contributed by atoms with Crippen LogP contribution in [-0.2, 0) is 6.42 Å². The predicted octanol–water partition coefficient (Wildman–Crippen LogP) is 3.58. The lowest BCUT2D eigenvalue weighted by atomic mass is 10.1. The molecule has 1 amide bonds. The molecular formula is C30H23N9O3. The lowest BCUT2D eigenvalue weighted by molar-refractivity contribution is 0.0936. The summed E-state index contributed by atoms with van der Waals surface area (Å²) < 4.78 is 1.94. The molecule has 12 heteroatoms. The number of pyridine rings is 2. The lowest BCUT2D eigenvalue weighted by Crippen LogP contribution is -2.27. The van der Waals surface area contributed by atoms with Crippen LogP contribution in [0.4, 0.5) is 5.82 Å². The summed E-state index contributed by atoms with van der Waals surface area (Å²) >= 11 is 0. The molecule has 0 fully saturated rings. The number of aldehydes is 1. The highest BCUT2D eigenvalue weighted by atomic mass is 16.3. The van der Waals surface area contributed by atoms with Crippen LogP contribution in [0.2, 0.25) is 0 Å². The number of hydrogen-bond acceptors (Lipinski definition) is 9. The highest BCUT2D eigenvalue weighted by molar-refractivity contribution is 5.96. The number of imidazole rings is 1. The zero-order valence-corrected chi connectivity index (χ0v) is 22.0. The monoisotopic (exact) mass is 557 g/mol. The first kappa shape index (κ1) is 25.1. The predicted molar refractivity (Wildman–Crippen MR) is 153 cm³/mol. The summed E-state index contributed by atoms with van der Waals surface area (Å²) in [5, 5.41) is 21.3. The van der Waals surface area contributed by atoms with Gasteiger partial charge in [-0.3, -0.25) is 14.2 Å². The molecule has 1 aliphatic carbocycles. The van der Waals surface area contributed by atoms with Crippen LogP contribution < -0.4 is 11.1 Å². The van der Waals surface area contributed by atoms with Crippen LogP contribution in [0.5, 0.6) is 5.75 Å². The topological polar surface area (TPSA) is 167 Å². The van der Waals surface area contributed by atoms with E-state index in [9.17, 15) is 14.7 Å². The summed E-state index contributed by atoms with van der Waals surface area (Å²) in [5.41, 5.74) is 11.5. The van der Waals surface area contributed by atoms with E-state index in [1.54, 1.807) is 24.7 Å². The van der Waals surface area contributed by atoms with Crippen LogP contribution in [0.3, 0.4) is 0 Å². The summed E-state index contributed by atoms with van der Waals surface area (Å²) in [6.07, 6.45) is 6.79. The Morgan fingerprint density at radius 3 is 2.69 bits per heavy atom. The number of phenols is 1. The Balaban J connectivity index is 1.29. The Bertz CT molecular complexity index is 2000. The maximum Gasteiger partial charge on any atom is 0.251 e. The number of fused-ring (bicyclic) bond motifs is 2. The van der Waals surface area contributed by atoms with Crippen molar-refractivity contribution in [1.82, 2.24) is 39.8 Å². The van der Waals surface area contributed by atoms with Crippen LogP contribution >= 0.6 is 0 Å². The molecule has 4 aromatic heterocycles. The van der Waals surface area contributed by atoms with Gasteiger partial charge >= 0.3 is 0 Å². The molecule has 0 bridgehead atoms. The first-order valence-corrected chi connectivity index (χ1v) is 13.2. The minimum atomic E-state index is -0.320. The average Bonchev–Trinajstić information content (AvgIpc) is 3.76. The number of rotatable bonds is 6. The van der Waals surface area contributed by atoms with Crippen molar-refractivity contribution in [3.8, 4) is 28.6 Å². The van der Waals surface area contributed by atoms with E-state index in [-0.39, 0.29) is 23.3 Å². The zero-order valence-electron chi connectivity index (χ0n) is 22.0. The summed E-state index contributed by atoms with van der Waals surface area (Å²) in [5.74, 6) is 0.991.